The van der Waals surface area contributed by atoms with E-state index in [1.165, 1.54) is 83.5 Å². The minimum absolute atomic E-state index is 0.257. The molecular weight excluding hydrogens is 365 g/mol. The van der Waals surface area contributed by atoms with Crippen LogP contribution in [0.1, 0.15) is 96.8 Å². The summed E-state index contributed by atoms with van der Waals surface area (Å²) in [4.78, 5) is 0. The lowest BCUT2D eigenvalue weighted by molar-refractivity contribution is 0.304. The maximum absolute atomic E-state index is 7.68. The summed E-state index contributed by atoms with van der Waals surface area (Å²) in [7, 11) is 0. The molecule has 26 heavy (non-hydrogen) atoms. The van der Waals surface area contributed by atoms with Crippen molar-refractivity contribution in [2.45, 2.75) is 96.8 Å². The second-order valence-corrected chi connectivity index (χ2v) is 8.02. The molecule has 2 nitrogen and oxygen atoms in total. The van der Waals surface area contributed by atoms with Gasteiger partial charge in [-0.05, 0) is 12.5 Å². The van der Waals surface area contributed by atoms with Gasteiger partial charge in [0.25, 0.3) is 0 Å². The van der Waals surface area contributed by atoms with E-state index in [0.29, 0.717) is 22.4 Å². The van der Waals surface area contributed by atoms with Crippen LogP contribution in [0.4, 0.5) is 5.69 Å². The van der Waals surface area contributed by atoms with Crippen molar-refractivity contribution < 1.29 is 4.74 Å². The van der Waals surface area contributed by atoms with Crippen LogP contribution in [0, 0.1) is 0 Å². The normalized spacial score (nSPS) is 11.0. The van der Waals surface area contributed by atoms with Crippen LogP contribution in [0.25, 0.3) is 0 Å². The first kappa shape index (κ1) is 23.4. The Morgan fingerprint density at radius 2 is 1.15 bits per heavy atom. The third-order valence-electron chi connectivity index (χ3n) is 4.78. The van der Waals surface area contributed by atoms with Crippen LogP contribution in [0.2, 0.25) is 10.0 Å². The minimum Gasteiger partial charge on any atom is -0.492 e. The molecule has 1 N–H and O–H groups in total. The van der Waals surface area contributed by atoms with Crippen molar-refractivity contribution in [3.8, 4) is 5.75 Å². The van der Waals surface area contributed by atoms with Gasteiger partial charge >= 0.3 is 0 Å². The molecule has 1 aromatic carbocycles. The fourth-order valence-electron chi connectivity index (χ4n) is 3.12. The van der Waals surface area contributed by atoms with Gasteiger partial charge < -0.3 is 4.74 Å². The zero-order valence-electron chi connectivity index (χ0n) is 16.4. The molecule has 0 heterocycles. The van der Waals surface area contributed by atoms with Crippen LogP contribution in [0.5, 0.6) is 5.75 Å². The molecule has 0 saturated heterocycles. The second-order valence-electron chi connectivity index (χ2n) is 7.21. The highest BCUT2D eigenvalue weighted by Crippen LogP contribution is 2.33. The summed E-state index contributed by atoms with van der Waals surface area (Å²) in [6, 6.07) is 3.17. The molecule has 0 aliphatic heterocycles. The largest absolute Gasteiger partial charge is 0.492 e. The van der Waals surface area contributed by atoms with Gasteiger partial charge in [-0.25, -0.2) is 0 Å². The first-order chi connectivity index (χ1) is 12.6. The van der Waals surface area contributed by atoms with E-state index >= 15 is 0 Å². The van der Waals surface area contributed by atoms with Gasteiger partial charge in [-0.15, -0.1) is 0 Å². The fraction of sp³-hybridized carbons (Fsp3) is 0.727. The van der Waals surface area contributed by atoms with E-state index in [1.54, 1.807) is 12.1 Å². The zero-order chi connectivity index (χ0) is 19.0. The molecule has 0 bridgehead atoms. The summed E-state index contributed by atoms with van der Waals surface area (Å²) >= 11 is 11.9. The summed E-state index contributed by atoms with van der Waals surface area (Å²) in [6.45, 7) is 2.93. The predicted octanol–water partition coefficient (Wildman–Crippen LogP) is 8.77. The van der Waals surface area contributed by atoms with E-state index in [-0.39, 0.29) is 5.69 Å². The Balaban J connectivity index is 1.87. The standard InChI is InChI=1S/C22H36Cl2NO/c1-2-3-4-5-6-7-8-9-10-11-12-13-14-15-16-26-22-18-21(25)19(23)17-20(22)24/h17-18,25H,2-16H2,1H3. The smallest absolute Gasteiger partial charge is 0.140 e. The summed E-state index contributed by atoms with van der Waals surface area (Å²) in [5, 5.41) is 0.843. The highest BCUT2D eigenvalue weighted by molar-refractivity contribution is 6.36. The summed E-state index contributed by atoms with van der Waals surface area (Å²) in [6.07, 6.45) is 18.9. The molecule has 0 aliphatic rings. The lowest BCUT2D eigenvalue weighted by Gasteiger charge is -2.09. The van der Waals surface area contributed by atoms with Gasteiger partial charge in [0.15, 0.2) is 0 Å². The maximum atomic E-state index is 7.68. The maximum Gasteiger partial charge on any atom is 0.140 e. The Morgan fingerprint density at radius 1 is 0.692 bits per heavy atom. The molecule has 0 aliphatic carbocycles. The lowest BCUT2D eigenvalue weighted by Crippen LogP contribution is -1.98. The van der Waals surface area contributed by atoms with Crippen molar-refractivity contribution in [3.63, 3.8) is 0 Å². The van der Waals surface area contributed by atoms with E-state index in [1.807, 2.05) is 0 Å². The molecule has 0 spiro atoms. The monoisotopic (exact) mass is 400 g/mol. The quantitative estimate of drug-likeness (QED) is 0.255. The van der Waals surface area contributed by atoms with E-state index < -0.39 is 0 Å². The summed E-state index contributed by atoms with van der Waals surface area (Å²) in [5.41, 5.74) is 7.93. The van der Waals surface area contributed by atoms with Gasteiger partial charge in [0.1, 0.15) is 5.75 Å². The van der Waals surface area contributed by atoms with E-state index in [2.05, 4.69) is 6.92 Å². The molecule has 1 radical (unpaired) electrons. The van der Waals surface area contributed by atoms with Crippen molar-refractivity contribution in [3.05, 3.63) is 22.2 Å². The molecule has 0 unspecified atom stereocenters. The SMILES string of the molecule is CCCCCCCCCCCCCCCCOc1cc([NH])c(Cl)cc1Cl. The molecule has 0 atom stereocenters. The van der Waals surface area contributed by atoms with Crippen LogP contribution in [-0.4, -0.2) is 6.61 Å². The topological polar surface area (TPSA) is 33.0 Å². The number of ether oxygens (including phenoxy) is 1. The minimum atomic E-state index is 0.257. The number of hydrogen-bond donors (Lipinski definition) is 0. The van der Waals surface area contributed by atoms with Gasteiger partial charge in [0.05, 0.1) is 22.3 Å². The summed E-state index contributed by atoms with van der Waals surface area (Å²) < 4.78 is 5.67. The van der Waals surface area contributed by atoms with Gasteiger partial charge in [0.2, 0.25) is 0 Å². The Hall–Kier alpha value is -0.600. The van der Waals surface area contributed by atoms with Gasteiger partial charge in [-0.3, -0.25) is 5.73 Å². The number of nitrogens with one attached hydrogen (secondary N) is 1. The van der Waals surface area contributed by atoms with Crippen molar-refractivity contribution in [2.75, 3.05) is 6.61 Å². The third-order valence-corrected chi connectivity index (χ3v) is 5.39. The van der Waals surface area contributed by atoms with Crippen LogP contribution < -0.4 is 10.5 Å². The number of halogens is 2. The molecular formula is C22H36Cl2NO. The number of hydrogen-bond acceptors (Lipinski definition) is 1. The average Bonchev–Trinajstić information content (AvgIpc) is 2.62. The molecule has 4 heteroatoms. The molecule has 0 amide bonds. The van der Waals surface area contributed by atoms with Crippen molar-refractivity contribution >= 4 is 28.9 Å². The van der Waals surface area contributed by atoms with Crippen LogP contribution in [0.15, 0.2) is 12.1 Å². The number of rotatable bonds is 16. The van der Waals surface area contributed by atoms with Crippen LogP contribution in [0.3, 0.4) is 0 Å². The average molecular weight is 401 g/mol. The fourth-order valence-corrected chi connectivity index (χ4v) is 3.56. The van der Waals surface area contributed by atoms with E-state index in [4.69, 9.17) is 33.7 Å². The van der Waals surface area contributed by atoms with Gasteiger partial charge in [0, 0.05) is 6.07 Å². The summed E-state index contributed by atoms with van der Waals surface area (Å²) in [5.74, 6) is 0.566. The first-order valence-corrected chi connectivity index (χ1v) is 11.2. The van der Waals surface area contributed by atoms with Crippen LogP contribution in [-0.2, 0) is 0 Å². The molecule has 0 fully saturated rings. The Bertz CT molecular complexity index is 479. The van der Waals surface area contributed by atoms with Crippen LogP contribution >= 0.6 is 23.2 Å². The molecule has 0 saturated carbocycles. The van der Waals surface area contributed by atoms with Gasteiger partial charge in [-0.1, -0.05) is 114 Å². The van der Waals surface area contributed by atoms with Crippen molar-refractivity contribution in [1.29, 1.82) is 0 Å². The highest BCUT2D eigenvalue weighted by atomic mass is 35.5. The van der Waals surface area contributed by atoms with Crippen molar-refractivity contribution in [1.82, 2.24) is 5.73 Å². The first-order valence-electron chi connectivity index (χ1n) is 10.5. The highest BCUT2D eigenvalue weighted by Gasteiger charge is 2.06. The Labute approximate surface area is 170 Å². The Morgan fingerprint density at radius 3 is 1.65 bits per heavy atom. The predicted molar refractivity (Wildman–Crippen MR) is 115 cm³/mol. The van der Waals surface area contributed by atoms with Gasteiger partial charge in [-0.2, -0.15) is 0 Å². The Kier molecular flexibility index (Phi) is 13.9. The van der Waals surface area contributed by atoms with E-state index in [0.717, 1.165) is 6.42 Å². The molecule has 0 aromatic heterocycles. The van der Waals surface area contributed by atoms with Crippen molar-refractivity contribution in [2.24, 2.45) is 0 Å². The third kappa shape index (κ3) is 11.2. The molecule has 1 aromatic rings. The number of unbranched alkanes of at least 4 members (excludes halogenated alkanes) is 13. The second kappa shape index (κ2) is 15.5. The molecule has 1 rings (SSSR count). The van der Waals surface area contributed by atoms with E-state index in [9.17, 15) is 0 Å². The molecule has 149 valence electrons. The lowest BCUT2D eigenvalue weighted by atomic mass is 10.0. The number of benzene rings is 1. The zero-order valence-corrected chi connectivity index (χ0v) is 17.9.